The summed E-state index contributed by atoms with van der Waals surface area (Å²) in [6.07, 6.45) is 5.80. The summed E-state index contributed by atoms with van der Waals surface area (Å²) >= 11 is 0. The lowest BCUT2D eigenvalue weighted by atomic mass is 10.1. The van der Waals surface area contributed by atoms with E-state index in [0.29, 0.717) is 12.1 Å². The number of piperazine rings is 1. The molecule has 0 amide bonds. The maximum absolute atomic E-state index is 3.59. The van der Waals surface area contributed by atoms with E-state index in [1.54, 1.807) is 0 Å². The summed E-state index contributed by atoms with van der Waals surface area (Å²) in [5, 5.41) is 3.59. The Balaban J connectivity index is 1.90. The van der Waals surface area contributed by atoms with Crippen molar-refractivity contribution in [2.24, 2.45) is 0 Å². The summed E-state index contributed by atoms with van der Waals surface area (Å²) < 4.78 is 0. The summed E-state index contributed by atoms with van der Waals surface area (Å²) in [6.45, 7) is 7.12. The molecule has 2 atom stereocenters. The zero-order valence-corrected chi connectivity index (χ0v) is 8.92. The molecule has 1 N–H and O–H groups in total. The van der Waals surface area contributed by atoms with Gasteiger partial charge in [-0.3, -0.25) is 4.90 Å². The van der Waals surface area contributed by atoms with Gasteiger partial charge in [0.2, 0.25) is 0 Å². The number of hydrogen-bond acceptors (Lipinski definition) is 2. The van der Waals surface area contributed by atoms with Gasteiger partial charge in [-0.25, -0.2) is 0 Å². The Morgan fingerprint density at radius 3 is 2.08 bits per heavy atom. The zero-order chi connectivity index (χ0) is 9.26. The molecule has 2 fully saturated rings. The van der Waals surface area contributed by atoms with Gasteiger partial charge in [0.15, 0.2) is 0 Å². The Morgan fingerprint density at radius 1 is 1.00 bits per heavy atom. The van der Waals surface area contributed by atoms with Gasteiger partial charge in [-0.2, -0.15) is 0 Å². The number of hydrogen-bond donors (Lipinski definition) is 1. The van der Waals surface area contributed by atoms with Crippen molar-refractivity contribution in [2.45, 2.75) is 57.7 Å². The van der Waals surface area contributed by atoms with Crippen LogP contribution in [0.3, 0.4) is 0 Å². The van der Waals surface area contributed by atoms with Crippen LogP contribution >= 0.6 is 0 Å². The lowest BCUT2D eigenvalue weighted by Gasteiger charge is -2.39. The van der Waals surface area contributed by atoms with E-state index >= 15 is 0 Å². The van der Waals surface area contributed by atoms with Gasteiger partial charge in [0, 0.05) is 31.2 Å². The van der Waals surface area contributed by atoms with Gasteiger partial charge in [0.25, 0.3) is 0 Å². The summed E-state index contributed by atoms with van der Waals surface area (Å²) in [5.41, 5.74) is 0. The predicted octanol–water partition coefficient (Wildman–Crippen LogP) is 1.61. The highest BCUT2D eigenvalue weighted by Crippen LogP contribution is 2.24. The molecule has 0 aromatic heterocycles. The second kappa shape index (κ2) is 3.97. The van der Waals surface area contributed by atoms with Crippen molar-refractivity contribution in [1.82, 2.24) is 10.2 Å². The average Bonchev–Trinajstić information content (AvgIpc) is 2.53. The molecule has 13 heavy (non-hydrogen) atoms. The van der Waals surface area contributed by atoms with E-state index < -0.39 is 0 Å². The van der Waals surface area contributed by atoms with Crippen LogP contribution in [0.2, 0.25) is 0 Å². The molecule has 2 aliphatic rings. The fourth-order valence-electron chi connectivity index (χ4n) is 2.94. The minimum Gasteiger partial charge on any atom is -0.309 e. The first-order valence-electron chi connectivity index (χ1n) is 5.76. The zero-order valence-electron chi connectivity index (χ0n) is 8.92. The smallest absolute Gasteiger partial charge is 0.0169 e. The standard InChI is InChI=1S/C11H22N2/c1-9-7-13(8-10(2)12-9)11-5-3-4-6-11/h9-12H,3-8H2,1-2H3/t9-,10+. The van der Waals surface area contributed by atoms with E-state index in [1.165, 1.54) is 38.8 Å². The van der Waals surface area contributed by atoms with Crippen LogP contribution in [0.15, 0.2) is 0 Å². The number of rotatable bonds is 1. The average molecular weight is 182 g/mol. The van der Waals surface area contributed by atoms with Crippen LogP contribution in [-0.2, 0) is 0 Å². The highest BCUT2D eigenvalue weighted by atomic mass is 15.2. The van der Waals surface area contributed by atoms with Crippen LogP contribution < -0.4 is 5.32 Å². The number of nitrogens with one attached hydrogen (secondary N) is 1. The van der Waals surface area contributed by atoms with Gasteiger partial charge >= 0.3 is 0 Å². The molecule has 2 nitrogen and oxygen atoms in total. The van der Waals surface area contributed by atoms with Crippen molar-refractivity contribution in [2.75, 3.05) is 13.1 Å². The third-order valence-corrected chi connectivity index (χ3v) is 3.43. The molecule has 76 valence electrons. The normalized spacial score (nSPS) is 38.3. The molecule has 0 radical (unpaired) electrons. The van der Waals surface area contributed by atoms with Crippen LogP contribution in [0.1, 0.15) is 39.5 Å². The second-order valence-corrected chi connectivity index (χ2v) is 4.86. The van der Waals surface area contributed by atoms with Crippen LogP contribution in [0.25, 0.3) is 0 Å². The van der Waals surface area contributed by atoms with E-state index in [-0.39, 0.29) is 0 Å². The summed E-state index contributed by atoms with van der Waals surface area (Å²) in [4.78, 5) is 2.71. The molecule has 1 aliphatic carbocycles. The highest BCUT2D eigenvalue weighted by Gasteiger charge is 2.28. The molecule has 0 unspecified atom stereocenters. The second-order valence-electron chi connectivity index (χ2n) is 4.86. The minimum absolute atomic E-state index is 0.685. The predicted molar refractivity (Wildman–Crippen MR) is 55.9 cm³/mol. The molecular weight excluding hydrogens is 160 g/mol. The lowest BCUT2D eigenvalue weighted by molar-refractivity contribution is 0.125. The van der Waals surface area contributed by atoms with Gasteiger partial charge < -0.3 is 5.32 Å². The molecule has 1 saturated carbocycles. The summed E-state index contributed by atoms with van der Waals surface area (Å²) in [6, 6.07) is 2.28. The van der Waals surface area contributed by atoms with Gasteiger partial charge in [-0.15, -0.1) is 0 Å². The van der Waals surface area contributed by atoms with Crippen molar-refractivity contribution >= 4 is 0 Å². The lowest BCUT2D eigenvalue weighted by Crippen LogP contribution is -2.56. The SMILES string of the molecule is C[C@@H]1CN(C2CCCC2)C[C@H](C)N1. The molecule has 2 heteroatoms. The van der Waals surface area contributed by atoms with E-state index in [0.717, 1.165) is 6.04 Å². The fraction of sp³-hybridized carbons (Fsp3) is 1.00. The van der Waals surface area contributed by atoms with Crippen molar-refractivity contribution in [3.05, 3.63) is 0 Å². The van der Waals surface area contributed by atoms with Crippen LogP contribution in [0, 0.1) is 0 Å². The molecule has 0 aromatic carbocycles. The minimum atomic E-state index is 0.685. The maximum atomic E-state index is 3.59. The topological polar surface area (TPSA) is 15.3 Å². The van der Waals surface area contributed by atoms with E-state index in [9.17, 15) is 0 Å². The van der Waals surface area contributed by atoms with E-state index in [2.05, 4.69) is 24.1 Å². The van der Waals surface area contributed by atoms with Gasteiger partial charge in [-0.05, 0) is 26.7 Å². The Labute approximate surface area is 81.7 Å². The van der Waals surface area contributed by atoms with Gasteiger partial charge in [0.1, 0.15) is 0 Å². The molecule has 0 bridgehead atoms. The van der Waals surface area contributed by atoms with Gasteiger partial charge in [0.05, 0.1) is 0 Å². The van der Waals surface area contributed by atoms with Crippen molar-refractivity contribution in [3.63, 3.8) is 0 Å². The first-order chi connectivity index (χ1) is 6.25. The molecule has 0 aromatic rings. The quantitative estimate of drug-likeness (QED) is 0.663. The Morgan fingerprint density at radius 2 is 1.54 bits per heavy atom. The van der Waals surface area contributed by atoms with Crippen molar-refractivity contribution < 1.29 is 0 Å². The van der Waals surface area contributed by atoms with E-state index in [1.807, 2.05) is 0 Å². The Bertz CT molecular complexity index is 153. The van der Waals surface area contributed by atoms with Crippen LogP contribution in [-0.4, -0.2) is 36.1 Å². The largest absolute Gasteiger partial charge is 0.309 e. The van der Waals surface area contributed by atoms with Crippen LogP contribution in [0.5, 0.6) is 0 Å². The summed E-state index contributed by atoms with van der Waals surface area (Å²) in [7, 11) is 0. The number of nitrogens with zero attached hydrogens (tertiary/aromatic N) is 1. The third-order valence-electron chi connectivity index (χ3n) is 3.43. The molecule has 1 heterocycles. The Kier molecular flexibility index (Phi) is 2.89. The fourth-order valence-corrected chi connectivity index (χ4v) is 2.94. The monoisotopic (exact) mass is 182 g/mol. The highest BCUT2D eigenvalue weighted by molar-refractivity contribution is 4.87. The van der Waals surface area contributed by atoms with Gasteiger partial charge in [-0.1, -0.05) is 12.8 Å². The molecule has 1 aliphatic heterocycles. The molecule has 0 spiro atoms. The van der Waals surface area contributed by atoms with E-state index in [4.69, 9.17) is 0 Å². The first-order valence-corrected chi connectivity index (χ1v) is 5.76. The molecule has 2 rings (SSSR count). The van der Waals surface area contributed by atoms with Crippen molar-refractivity contribution in [3.8, 4) is 0 Å². The first kappa shape index (κ1) is 9.47. The summed E-state index contributed by atoms with van der Waals surface area (Å²) in [5.74, 6) is 0. The third kappa shape index (κ3) is 2.23. The van der Waals surface area contributed by atoms with Crippen molar-refractivity contribution in [1.29, 1.82) is 0 Å². The molecule has 1 saturated heterocycles. The van der Waals surface area contributed by atoms with Crippen LogP contribution in [0.4, 0.5) is 0 Å². The molecular formula is C11H22N2. The maximum Gasteiger partial charge on any atom is 0.0169 e. The Hall–Kier alpha value is -0.0800.